The zero-order valence-electron chi connectivity index (χ0n) is 9.80. The molecular formula is C13H15Cl2NO. The lowest BCUT2D eigenvalue weighted by molar-refractivity contribution is -0.116. The summed E-state index contributed by atoms with van der Waals surface area (Å²) < 4.78 is 0. The summed E-state index contributed by atoms with van der Waals surface area (Å²) >= 11 is 12.1. The molecule has 2 nitrogen and oxygen atoms in total. The Morgan fingerprint density at radius 1 is 1.47 bits per heavy atom. The van der Waals surface area contributed by atoms with Crippen molar-refractivity contribution in [2.45, 2.75) is 26.2 Å². The van der Waals surface area contributed by atoms with E-state index in [9.17, 15) is 4.79 Å². The first-order valence-corrected chi connectivity index (χ1v) is 6.70. The summed E-state index contributed by atoms with van der Waals surface area (Å²) in [4.78, 5) is 13.3. The van der Waals surface area contributed by atoms with Gasteiger partial charge in [0.1, 0.15) is 0 Å². The van der Waals surface area contributed by atoms with Gasteiger partial charge in [-0.3, -0.25) is 4.79 Å². The number of carbonyl (C=O) groups excluding carboxylic acids is 1. The van der Waals surface area contributed by atoms with E-state index in [1.54, 1.807) is 11.8 Å². The molecule has 1 heterocycles. The van der Waals surface area contributed by atoms with Crippen LogP contribution in [0.5, 0.6) is 0 Å². The average Bonchev–Trinajstić information content (AvgIpc) is 2.32. The number of alkyl halides is 1. The molecule has 92 valence electrons. The summed E-state index contributed by atoms with van der Waals surface area (Å²) in [6.07, 6.45) is 2.68. The number of rotatable bonds is 2. The van der Waals surface area contributed by atoms with Gasteiger partial charge in [-0.15, -0.1) is 11.6 Å². The van der Waals surface area contributed by atoms with Crippen molar-refractivity contribution in [3.8, 4) is 0 Å². The highest BCUT2D eigenvalue weighted by molar-refractivity contribution is 6.32. The van der Waals surface area contributed by atoms with E-state index in [2.05, 4.69) is 0 Å². The highest BCUT2D eigenvalue weighted by Crippen LogP contribution is 2.35. The van der Waals surface area contributed by atoms with Gasteiger partial charge in [-0.1, -0.05) is 17.7 Å². The van der Waals surface area contributed by atoms with Crippen LogP contribution in [0.3, 0.4) is 0 Å². The van der Waals surface area contributed by atoms with E-state index in [1.807, 2.05) is 12.1 Å². The lowest BCUT2D eigenvalue weighted by Gasteiger charge is -2.29. The Bertz CT molecular complexity index is 445. The highest BCUT2D eigenvalue weighted by atomic mass is 35.5. The molecule has 4 heteroatoms. The van der Waals surface area contributed by atoms with Crippen molar-refractivity contribution in [1.82, 2.24) is 0 Å². The van der Waals surface area contributed by atoms with Gasteiger partial charge in [0.05, 0.1) is 0 Å². The largest absolute Gasteiger partial charge is 0.312 e. The van der Waals surface area contributed by atoms with Gasteiger partial charge in [-0.25, -0.2) is 0 Å². The van der Waals surface area contributed by atoms with Gasteiger partial charge in [-0.05, 0) is 36.5 Å². The lowest BCUT2D eigenvalue weighted by atomic mass is 9.98. The van der Waals surface area contributed by atoms with E-state index in [1.165, 1.54) is 0 Å². The number of anilines is 1. The van der Waals surface area contributed by atoms with Crippen molar-refractivity contribution in [3.05, 3.63) is 28.3 Å². The fourth-order valence-corrected chi connectivity index (χ4v) is 2.86. The zero-order chi connectivity index (χ0) is 12.4. The van der Waals surface area contributed by atoms with Gasteiger partial charge in [-0.2, -0.15) is 0 Å². The molecule has 0 bridgehead atoms. The van der Waals surface area contributed by atoms with Gasteiger partial charge in [0.25, 0.3) is 0 Å². The maximum Gasteiger partial charge on any atom is 0.223 e. The van der Waals surface area contributed by atoms with Crippen LogP contribution in [0.4, 0.5) is 5.69 Å². The van der Waals surface area contributed by atoms with E-state index >= 15 is 0 Å². The number of hydrogen-bond donors (Lipinski definition) is 0. The van der Waals surface area contributed by atoms with Crippen LogP contribution in [0.2, 0.25) is 5.02 Å². The summed E-state index contributed by atoms with van der Waals surface area (Å²) in [6, 6.07) is 3.97. The average molecular weight is 272 g/mol. The fourth-order valence-electron chi connectivity index (χ4n) is 2.31. The van der Waals surface area contributed by atoms with Crippen LogP contribution in [0.25, 0.3) is 0 Å². The van der Waals surface area contributed by atoms with Crippen LogP contribution in [0.1, 0.15) is 24.5 Å². The molecule has 0 spiro atoms. The lowest BCUT2D eigenvalue weighted by Crippen LogP contribution is -2.33. The highest BCUT2D eigenvalue weighted by Gasteiger charge is 2.22. The second-order valence-corrected chi connectivity index (χ2v) is 5.01. The molecule has 17 heavy (non-hydrogen) atoms. The van der Waals surface area contributed by atoms with Crippen molar-refractivity contribution in [1.29, 1.82) is 0 Å². The van der Waals surface area contributed by atoms with E-state index in [0.29, 0.717) is 5.88 Å². The first kappa shape index (κ1) is 12.7. The summed E-state index contributed by atoms with van der Waals surface area (Å²) in [5.41, 5.74) is 3.13. The minimum atomic E-state index is 0.0760. The molecule has 0 aliphatic carbocycles. The van der Waals surface area contributed by atoms with Gasteiger partial charge >= 0.3 is 0 Å². The van der Waals surface area contributed by atoms with Gasteiger partial charge in [0.15, 0.2) is 0 Å². The Labute approximate surface area is 112 Å². The van der Waals surface area contributed by atoms with Gasteiger partial charge < -0.3 is 4.90 Å². The number of aryl methyl sites for hydroxylation is 1. The molecule has 1 aromatic rings. The molecular weight excluding hydrogens is 257 g/mol. The van der Waals surface area contributed by atoms with Crippen molar-refractivity contribution < 1.29 is 4.79 Å². The molecule has 0 fully saturated rings. The number of amides is 1. The number of carbonyl (C=O) groups is 1. The number of hydrogen-bond acceptors (Lipinski definition) is 1. The molecule has 0 unspecified atom stereocenters. The van der Waals surface area contributed by atoms with Crippen LogP contribution >= 0.6 is 23.2 Å². The standard InChI is InChI=1S/C13H15Cl2NO/c1-9(17)16-8-2-3-11-12(16)5-4-10(6-7-14)13(11)15/h4-5H,2-3,6-8H2,1H3. The molecule has 0 atom stereocenters. The molecule has 0 N–H and O–H groups in total. The zero-order valence-corrected chi connectivity index (χ0v) is 11.3. The van der Waals surface area contributed by atoms with Crippen LogP contribution < -0.4 is 4.90 Å². The SMILES string of the molecule is CC(=O)N1CCCc2c1ccc(CCCl)c2Cl. The number of nitrogens with zero attached hydrogens (tertiary/aromatic N) is 1. The molecule has 0 saturated heterocycles. The topological polar surface area (TPSA) is 20.3 Å². The third-order valence-electron chi connectivity index (χ3n) is 3.14. The Morgan fingerprint density at radius 3 is 2.88 bits per heavy atom. The number of halogens is 2. The summed E-state index contributed by atoms with van der Waals surface area (Å²) in [7, 11) is 0. The molecule has 0 radical (unpaired) electrons. The predicted octanol–water partition coefficient (Wildman–Crippen LogP) is 3.42. The predicted molar refractivity (Wildman–Crippen MR) is 72.2 cm³/mol. The normalized spacial score (nSPS) is 14.6. The van der Waals surface area contributed by atoms with Crippen LogP contribution in [-0.2, 0) is 17.6 Å². The quantitative estimate of drug-likeness (QED) is 0.755. The Hall–Kier alpha value is -0.730. The van der Waals surface area contributed by atoms with Crippen molar-refractivity contribution in [2.24, 2.45) is 0 Å². The van der Waals surface area contributed by atoms with Crippen LogP contribution in [0, 0.1) is 0 Å². The van der Waals surface area contributed by atoms with Crippen molar-refractivity contribution in [2.75, 3.05) is 17.3 Å². The molecule has 0 saturated carbocycles. The van der Waals surface area contributed by atoms with Gasteiger partial charge in [0.2, 0.25) is 5.91 Å². The van der Waals surface area contributed by atoms with E-state index in [-0.39, 0.29) is 5.91 Å². The van der Waals surface area contributed by atoms with Crippen molar-refractivity contribution in [3.63, 3.8) is 0 Å². The second-order valence-electron chi connectivity index (χ2n) is 4.25. The third-order valence-corrected chi connectivity index (χ3v) is 3.80. The van der Waals surface area contributed by atoms with E-state index < -0.39 is 0 Å². The van der Waals surface area contributed by atoms with Crippen LogP contribution in [-0.4, -0.2) is 18.3 Å². The smallest absolute Gasteiger partial charge is 0.223 e. The minimum Gasteiger partial charge on any atom is -0.312 e. The first-order chi connectivity index (χ1) is 8.15. The summed E-state index contributed by atoms with van der Waals surface area (Å²) in [5.74, 6) is 0.640. The van der Waals surface area contributed by atoms with Gasteiger partial charge in [0, 0.05) is 30.1 Å². The first-order valence-electron chi connectivity index (χ1n) is 5.79. The van der Waals surface area contributed by atoms with E-state index in [0.717, 1.165) is 47.6 Å². The molecule has 2 rings (SSSR count). The maximum atomic E-state index is 11.5. The Morgan fingerprint density at radius 2 is 2.24 bits per heavy atom. The molecule has 1 aliphatic heterocycles. The molecule has 0 aromatic heterocycles. The van der Waals surface area contributed by atoms with Crippen LogP contribution in [0.15, 0.2) is 12.1 Å². The Balaban J connectivity index is 2.45. The fraction of sp³-hybridized carbons (Fsp3) is 0.462. The summed E-state index contributed by atoms with van der Waals surface area (Å²) in [6.45, 7) is 2.38. The third kappa shape index (κ3) is 2.43. The minimum absolute atomic E-state index is 0.0760. The number of benzene rings is 1. The number of fused-ring (bicyclic) bond motifs is 1. The van der Waals surface area contributed by atoms with E-state index in [4.69, 9.17) is 23.2 Å². The Kier molecular flexibility index (Phi) is 3.95. The van der Waals surface area contributed by atoms with Crippen molar-refractivity contribution >= 4 is 34.8 Å². The monoisotopic (exact) mass is 271 g/mol. The molecule has 1 aromatic carbocycles. The maximum absolute atomic E-state index is 11.5. The molecule has 1 amide bonds. The summed E-state index contributed by atoms with van der Waals surface area (Å²) in [5, 5.41) is 0.786. The molecule has 1 aliphatic rings. The second kappa shape index (κ2) is 5.28.